The maximum atomic E-state index is 6.67. The molecule has 0 amide bonds. The second-order valence-electron chi connectivity index (χ2n) is 7.84. The van der Waals surface area contributed by atoms with Gasteiger partial charge >= 0.3 is 0 Å². The molecule has 0 aliphatic heterocycles. The molecule has 0 saturated heterocycles. The van der Waals surface area contributed by atoms with E-state index in [9.17, 15) is 0 Å². The summed E-state index contributed by atoms with van der Waals surface area (Å²) in [5, 5.41) is 0. The van der Waals surface area contributed by atoms with E-state index in [1.807, 2.05) is 42.5 Å². The monoisotopic (exact) mass is 439 g/mol. The van der Waals surface area contributed by atoms with Gasteiger partial charge < -0.3 is 14.2 Å². The zero-order chi connectivity index (χ0) is 22.9. The molecular formula is C29H29NO3. The summed E-state index contributed by atoms with van der Waals surface area (Å²) in [5.41, 5.74) is 4.57. The van der Waals surface area contributed by atoms with E-state index >= 15 is 0 Å². The molecular weight excluding hydrogens is 410 g/mol. The minimum Gasteiger partial charge on any atom is -0.493 e. The molecule has 0 fully saturated rings. The summed E-state index contributed by atoms with van der Waals surface area (Å²) in [5.74, 6) is 2.26. The highest BCUT2D eigenvalue weighted by Gasteiger charge is 2.20. The summed E-state index contributed by atoms with van der Waals surface area (Å²) in [4.78, 5) is 4.18. The molecule has 0 spiro atoms. The number of benzene rings is 3. The summed E-state index contributed by atoms with van der Waals surface area (Å²) in [6, 6.07) is 28.8. The second-order valence-corrected chi connectivity index (χ2v) is 7.84. The standard InChI is InChI=1S/C29H29NO3/c1-31-27-16-15-25(21-28(27)32-2)29(24-17-19-30-20-18-24)33-26-14-7-6-12-23(26)13-8-11-22-9-4-3-5-10-22/h3-7,9-10,12,14-21,29H,8,11,13H2,1-2H3. The maximum absolute atomic E-state index is 6.67. The van der Waals surface area contributed by atoms with E-state index in [1.54, 1.807) is 26.6 Å². The molecule has 4 heteroatoms. The van der Waals surface area contributed by atoms with E-state index in [0.717, 1.165) is 36.1 Å². The second kappa shape index (κ2) is 11.2. The number of hydrogen-bond acceptors (Lipinski definition) is 4. The van der Waals surface area contributed by atoms with Crippen LogP contribution < -0.4 is 14.2 Å². The van der Waals surface area contributed by atoms with Gasteiger partial charge in [-0.25, -0.2) is 0 Å². The molecule has 0 bridgehead atoms. The highest BCUT2D eigenvalue weighted by Crippen LogP contribution is 2.35. The largest absolute Gasteiger partial charge is 0.493 e. The van der Waals surface area contributed by atoms with E-state index in [1.165, 1.54) is 11.1 Å². The fourth-order valence-electron chi connectivity index (χ4n) is 3.96. The summed E-state index contributed by atoms with van der Waals surface area (Å²) in [6.07, 6.45) is 6.32. The van der Waals surface area contributed by atoms with Gasteiger partial charge in [0.15, 0.2) is 11.5 Å². The van der Waals surface area contributed by atoms with Crippen molar-refractivity contribution in [1.29, 1.82) is 0 Å². The van der Waals surface area contributed by atoms with Gasteiger partial charge in [0.1, 0.15) is 11.9 Å². The molecule has 1 atom stereocenters. The molecule has 0 N–H and O–H groups in total. The molecule has 1 heterocycles. The van der Waals surface area contributed by atoms with Gasteiger partial charge in [-0.05, 0) is 66.3 Å². The molecule has 1 unspecified atom stereocenters. The van der Waals surface area contributed by atoms with Crippen molar-refractivity contribution in [2.45, 2.75) is 25.4 Å². The average molecular weight is 440 g/mol. The normalized spacial score (nSPS) is 11.6. The Bertz CT molecular complexity index is 1150. The minimum absolute atomic E-state index is 0.303. The lowest BCUT2D eigenvalue weighted by atomic mass is 10.0. The molecule has 33 heavy (non-hydrogen) atoms. The highest BCUT2D eigenvalue weighted by atomic mass is 16.5. The zero-order valence-electron chi connectivity index (χ0n) is 19.1. The Hall–Kier alpha value is -3.79. The number of methoxy groups -OCH3 is 2. The number of pyridine rings is 1. The van der Waals surface area contributed by atoms with Crippen molar-refractivity contribution < 1.29 is 14.2 Å². The van der Waals surface area contributed by atoms with Gasteiger partial charge in [0.2, 0.25) is 0 Å². The Morgan fingerprint density at radius 1 is 0.667 bits per heavy atom. The van der Waals surface area contributed by atoms with E-state index < -0.39 is 0 Å². The highest BCUT2D eigenvalue weighted by molar-refractivity contribution is 5.46. The average Bonchev–Trinajstić information content (AvgIpc) is 2.89. The molecule has 168 valence electrons. The Morgan fingerprint density at radius 2 is 1.39 bits per heavy atom. The number of aryl methyl sites for hydroxylation is 2. The first-order valence-electron chi connectivity index (χ1n) is 11.2. The molecule has 1 aromatic heterocycles. The molecule has 4 rings (SSSR count). The van der Waals surface area contributed by atoms with Crippen LogP contribution in [0.2, 0.25) is 0 Å². The molecule has 0 radical (unpaired) electrons. The topological polar surface area (TPSA) is 40.6 Å². The minimum atomic E-state index is -0.303. The number of nitrogens with zero attached hydrogens (tertiary/aromatic N) is 1. The van der Waals surface area contributed by atoms with Crippen LogP contribution in [0.4, 0.5) is 0 Å². The SMILES string of the molecule is COc1ccc(C(Oc2ccccc2CCCc2ccccc2)c2ccncc2)cc1OC. The van der Waals surface area contributed by atoms with Gasteiger partial charge in [-0.2, -0.15) is 0 Å². The lowest BCUT2D eigenvalue weighted by Crippen LogP contribution is -2.11. The number of ether oxygens (including phenoxy) is 3. The molecule has 3 aromatic carbocycles. The van der Waals surface area contributed by atoms with Crippen LogP contribution in [0.15, 0.2) is 97.3 Å². The van der Waals surface area contributed by atoms with Gasteiger partial charge in [0.05, 0.1) is 14.2 Å². The predicted octanol–water partition coefficient (Wildman–Crippen LogP) is 6.44. The molecule has 0 aliphatic carbocycles. The Labute approximate surface area is 195 Å². The van der Waals surface area contributed by atoms with Crippen molar-refractivity contribution in [2.24, 2.45) is 0 Å². The summed E-state index contributed by atoms with van der Waals surface area (Å²) >= 11 is 0. The fourth-order valence-corrected chi connectivity index (χ4v) is 3.96. The third kappa shape index (κ3) is 5.72. The van der Waals surface area contributed by atoms with Crippen molar-refractivity contribution in [2.75, 3.05) is 14.2 Å². The van der Waals surface area contributed by atoms with Gasteiger partial charge in [-0.1, -0.05) is 54.6 Å². The van der Waals surface area contributed by atoms with Crippen molar-refractivity contribution in [3.63, 3.8) is 0 Å². The van der Waals surface area contributed by atoms with Crippen LogP contribution in [0.3, 0.4) is 0 Å². The van der Waals surface area contributed by atoms with Crippen molar-refractivity contribution in [3.05, 3.63) is 120 Å². The molecule has 0 saturated carbocycles. The van der Waals surface area contributed by atoms with E-state index in [4.69, 9.17) is 14.2 Å². The van der Waals surface area contributed by atoms with Crippen molar-refractivity contribution in [1.82, 2.24) is 4.98 Å². The van der Waals surface area contributed by atoms with Crippen LogP contribution >= 0.6 is 0 Å². The third-order valence-electron chi connectivity index (χ3n) is 5.69. The first kappa shape index (κ1) is 22.4. The Balaban J connectivity index is 1.60. The number of hydrogen-bond donors (Lipinski definition) is 0. The number of para-hydroxylation sites is 1. The van der Waals surface area contributed by atoms with Gasteiger partial charge in [-0.15, -0.1) is 0 Å². The van der Waals surface area contributed by atoms with E-state index in [-0.39, 0.29) is 6.10 Å². The zero-order valence-corrected chi connectivity index (χ0v) is 19.1. The number of rotatable bonds is 10. The van der Waals surface area contributed by atoms with E-state index in [2.05, 4.69) is 47.4 Å². The van der Waals surface area contributed by atoms with Gasteiger partial charge in [0.25, 0.3) is 0 Å². The Kier molecular flexibility index (Phi) is 7.60. The lowest BCUT2D eigenvalue weighted by molar-refractivity contribution is 0.243. The van der Waals surface area contributed by atoms with Crippen molar-refractivity contribution >= 4 is 0 Å². The first-order chi connectivity index (χ1) is 16.3. The molecule has 4 nitrogen and oxygen atoms in total. The summed E-state index contributed by atoms with van der Waals surface area (Å²) < 4.78 is 17.6. The quantitative estimate of drug-likeness (QED) is 0.285. The van der Waals surface area contributed by atoms with Crippen LogP contribution in [0, 0.1) is 0 Å². The van der Waals surface area contributed by atoms with Gasteiger partial charge in [-0.3, -0.25) is 4.98 Å². The van der Waals surface area contributed by atoms with Crippen LogP contribution in [0.5, 0.6) is 17.2 Å². The van der Waals surface area contributed by atoms with Crippen LogP contribution in [0.25, 0.3) is 0 Å². The van der Waals surface area contributed by atoms with Crippen LogP contribution in [0.1, 0.15) is 34.8 Å². The lowest BCUT2D eigenvalue weighted by Gasteiger charge is -2.23. The predicted molar refractivity (Wildman–Crippen MR) is 131 cm³/mol. The van der Waals surface area contributed by atoms with E-state index in [0.29, 0.717) is 11.5 Å². The van der Waals surface area contributed by atoms with Crippen molar-refractivity contribution in [3.8, 4) is 17.2 Å². The molecule has 0 aliphatic rings. The summed E-state index contributed by atoms with van der Waals surface area (Å²) in [6.45, 7) is 0. The molecule has 4 aromatic rings. The summed E-state index contributed by atoms with van der Waals surface area (Å²) in [7, 11) is 3.28. The smallest absolute Gasteiger partial charge is 0.161 e. The van der Waals surface area contributed by atoms with Gasteiger partial charge in [0, 0.05) is 18.0 Å². The van der Waals surface area contributed by atoms with Crippen LogP contribution in [-0.2, 0) is 12.8 Å². The number of aromatic nitrogens is 1. The fraction of sp³-hybridized carbons (Fsp3) is 0.207. The Morgan fingerprint density at radius 3 is 2.15 bits per heavy atom. The maximum Gasteiger partial charge on any atom is 0.161 e. The van der Waals surface area contributed by atoms with Crippen LogP contribution in [-0.4, -0.2) is 19.2 Å². The third-order valence-corrected chi connectivity index (χ3v) is 5.69. The first-order valence-corrected chi connectivity index (χ1v) is 11.2.